The fraction of sp³-hybridized carbons (Fsp3) is 0. The number of hydrogen-bond acceptors (Lipinski definition) is 3. The van der Waals surface area contributed by atoms with E-state index in [0.29, 0.717) is 11.4 Å². The van der Waals surface area contributed by atoms with Crippen LogP contribution in [-0.4, -0.2) is 19.1 Å². The Morgan fingerprint density at radius 3 is 1.35 bits per heavy atom. The highest BCUT2D eigenvalue weighted by atomic mass is 19.1. The number of hydrogen-bond donors (Lipinski definition) is 0. The number of nitrogens with zero attached hydrogens (tertiary/aromatic N) is 5. The number of pyridine rings is 2. The fourth-order valence-corrected chi connectivity index (χ4v) is 9.56. The summed E-state index contributed by atoms with van der Waals surface area (Å²) >= 11 is 0. The number of para-hydroxylation sites is 2. The maximum Gasteiger partial charge on any atom is 0.134 e. The SMILES string of the molecule is N#Cc1c(-n2c3ccccc3c3cc(-c4cccc(-c5ccccc5)n4)ccc32)ccc(-c2c(F)cccc2F)c1-n1c2ccccc2c2cc(-c3cccc(-c4ccccc4)n3)ccc21. The molecule has 4 heterocycles. The lowest BCUT2D eigenvalue weighted by Crippen LogP contribution is -2.07. The molecule has 4 aromatic heterocycles. The van der Waals surface area contributed by atoms with Crippen LogP contribution in [0.15, 0.2) is 212 Å². The van der Waals surface area contributed by atoms with E-state index in [-0.39, 0.29) is 16.7 Å². The van der Waals surface area contributed by atoms with Crippen LogP contribution in [0.25, 0.3) is 111 Å². The number of nitriles is 1. The lowest BCUT2D eigenvalue weighted by molar-refractivity contribution is 0.589. The van der Waals surface area contributed by atoms with Crippen LogP contribution in [-0.2, 0) is 0 Å². The molecule has 66 heavy (non-hydrogen) atoms. The number of benzene rings is 8. The van der Waals surface area contributed by atoms with Crippen LogP contribution in [0.4, 0.5) is 8.78 Å². The molecule has 0 atom stereocenters. The summed E-state index contributed by atoms with van der Waals surface area (Å²) in [5.74, 6) is -1.45. The Bertz CT molecular complexity index is 3900. The number of rotatable bonds is 7. The van der Waals surface area contributed by atoms with Gasteiger partial charge in [0.1, 0.15) is 23.3 Å². The molecule has 0 spiro atoms. The van der Waals surface area contributed by atoms with E-state index in [1.165, 1.54) is 18.2 Å². The van der Waals surface area contributed by atoms with Crippen molar-refractivity contribution < 1.29 is 8.78 Å². The van der Waals surface area contributed by atoms with Gasteiger partial charge in [0.25, 0.3) is 0 Å². The molecule has 0 radical (unpaired) electrons. The van der Waals surface area contributed by atoms with Crippen LogP contribution in [0, 0.1) is 23.0 Å². The zero-order chi connectivity index (χ0) is 44.3. The van der Waals surface area contributed by atoms with Crippen molar-refractivity contribution in [2.75, 3.05) is 0 Å². The van der Waals surface area contributed by atoms with Crippen molar-refractivity contribution >= 4 is 43.6 Å². The molecule has 0 bridgehead atoms. The van der Waals surface area contributed by atoms with Crippen LogP contribution in [0.2, 0.25) is 0 Å². The van der Waals surface area contributed by atoms with Crippen LogP contribution >= 0.6 is 0 Å². The summed E-state index contributed by atoms with van der Waals surface area (Å²) in [7, 11) is 0. The number of aromatic nitrogens is 4. The van der Waals surface area contributed by atoms with Crippen molar-refractivity contribution in [3.8, 4) is 73.6 Å². The van der Waals surface area contributed by atoms with Gasteiger partial charge in [-0.3, -0.25) is 0 Å². The van der Waals surface area contributed by atoms with Gasteiger partial charge >= 0.3 is 0 Å². The minimum atomic E-state index is -0.727. The molecule has 0 amide bonds. The molecule has 7 heteroatoms. The highest BCUT2D eigenvalue weighted by Crippen LogP contribution is 2.44. The molecule has 8 aromatic carbocycles. The molecule has 0 unspecified atom stereocenters. The van der Waals surface area contributed by atoms with Crippen LogP contribution in [0.3, 0.4) is 0 Å². The molecule has 0 aliphatic heterocycles. The van der Waals surface area contributed by atoms with Gasteiger partial charge in [-0.05, 0) is 84.9 Å². The Morgan fingerprint density at radius 1 is 0.379 bits per heavy atom. The molecule has 0 aliphatic rings. The molecule has 0 saturated carbocycles. The minimum Gasteiger partial charge on any atom is -0.308 e. The Morgan fingerprint density at radius 2 is 0.818 bits per heavy atom. The highest BCUT2D eigenvalue weighted by molar-refractivity contribution is 6.13. The van der Waals surface area contributed by atoms with Gasteiger partial charge in [-0.1, -0.05) is 127 Å². The van der Waals surface area contributed by atoms with Gasteiger partial charge in [0.05, 0.1) is 61.8 Å². The van der Waals surface area contributed by atoms with Gasteiger partial charge in [-0.2, -0.15) is 5.26 Å². The number of halogens is 2. The summed E-state index contributed by atoms with van der Waals surface area (Å²) in [5.41, 5.74) is 11.8. The Kier molecular flexibility index (Phi) is 9.18. The molecular formula is C59H35F2N5. The van der Waals surface area contributed by atoms with Crippen LogP contribution in [0.5, 0.6) is 0 Å². The third kappa shape index (κ3) is 6.27. The zero-order valence-corrected chi connectivity index (χ0v) is 35.2. The second-order valence-corrected chi connectivity index (χ2v) is 16.3. The average molecular weight is 852 g/mol. The maximum atomic E-state index is 16.2. The van der Waals surface area contributed by atoms with Gasteiger partial charge in [-0.15, -0.1) is 0 Å². The van der Waals surface area contributed by atoms with Crippen molar-refractivity contribution in [1.29, 1.82) is 5.26 Å². The van der Waals surface area contributed by atoms with E-state index in [9.17, 15) is 5.26 Å². The van der Waals surface area contributed by atoms with Gasteiger partial charge in [0, 0.05) is 49.4 Å². The fourth-order valence-electron chi connectivity index (χ4n) is 9.56. The average Bonchev–Trinajstić information content (AvgIpc) is 3.88. The standard InChI is InChI=1S/C59H35F2N5/c60-47-20-11-21-48(61)58(47)43-30-33-57(65-53-26-9-7-18-41(53)44-34-39(28-31-55(44)65)51-24-12-22-49(63-51)37-14-3-1-4-15-37)46(36-62)59(43)66-54-27-10-8-19-42(54)45-35-40(29-32-56(45)66)52-25-13-23-50(64-52)38-16-5-2-6-17-38/h1-35H. The van der Waals surface area contributed by atoms with Gasteiger partial charge in [0.15, 0.2) is 0 Å². The van der Waals surface area contributed by atoms with Crippen molar-refractivity contribution in [2.24, 2.45) is 0 Å². The number of fused-ring (bicyclic) bond motifs is 6. The van der Waals surface area contributed by atoms with Crippen LogP contribution in [0.1, 0.15) is 5.56 Å². The predicted octanol–water partition coefficient (Wildman–Crippen LogP) is 15.2. The normalized spacial score (nSPS) is 11.5. The summed E-state index contributed by atoms with van der Waals surface area (Å²) in [4.78, 5) is 10.1. The van der Waals surface area contributed by atoms with E-state index >= 15 is 8.78 Å². The molecule has 0 N–H and O–H groups in total. The first kappa shape index (κ1) is 38.7. The van der Waals surface area contributed by atoms with Gasteiger partial charge in [0.2, 0.25) is 0 Å². The third-order valence-corrected chi connectivity index (χ3v) is 12.5. The molecular weight excluding hydrogens is 817 g/mol. The molecule has 0 aliphatic carbocycles. The summed E-state index contributed by atoms with van der Waals surface area (Å²) < 4.78 is 36.4. The van der Waals surface area contributed by atoms with Gasteiger partial charge in [-0.25, -0.2) is 18.7 Å². The van der Waals surface area contributed by atoms with Gasteiger partial charge < -0.3 is 9.13 Å². The monoisotopic (exact) mass is 851 g/mol. The van der Waals surface area contributed by atoms with E-state index in [1.54, 1.807) is 6.07 Å². The third-order valence-electron chi connectivity index (χ3n) is 12.5. The molecule has 12 aromatic rings. The first-order chi connectivity index (χ1) is 32.5. The van der Waals surface area contributed by atoms with Crippen molar-refractivity contribution in [1.82, 2.24) is 19.1 Å². The molecule has 5 nitrogen and oxygen atoms in total. The molecule has 0 fully saturated rings. The Labute approximate surface area is 378 Å². The Hall–Kier alpha value is -8.99. The topological polar surface area (TPSA) is 59.4 Å². The maximum absolute atomic E-state index is 16.2. The second-order valence-electron chi connectivity index (χ2n) is 16.3. The van der Waals surface area contributed by atoms with E-state index < -0.39 is 11.6 Å². The predicted molar refractivity (Wildman–Crippen MR) is 263 cm³/mol. The van der Waals surface area contributed by atoms with E-state index in [2.05, 4.69) is 53.1 Å². The quantitative estimate of drug-likeness (QED) is 0.160. The molecule has 12 rings (SSSR count). The summed E-state index contributed by atoms with van der Waals surface area (Å²) in [6, 6.07) is 70.7. The smallest absolute Gasteiger partial charge is 0.134 e. The van der Waals surface area contributed by atoms with Crippen LogP contribution < -0.4 is 0 Å². The first-order valence-electron chi connectivity index (χ1n) is 21.7. The van der Waals surface area contributed by atoms with E-state index in [1.807, 2.05) is 150 Å². The second kappa shape index (κ2) is 15.7. The Balaban J connectivity index is 1.10. The van der Waals surface area contributed by atoms with Crippen molar-refractivity contribution in [2.45, 2.75) is 0 Å². The minimum absolute atomic E-state index is 0.211. The lowest BCUT2D eigenvalue weighted by atomic mass is 9.97. The first-order valence-corrected chi connectivity index (χ1v) is 21.7. The zero-order valence-electron chi connectivity index (χ0n) is 35.2. The molecule has 0 saturated heterocycles. The van der Waals surface area contributed by atoms with E-state index in [4.69, 9.17) is 9.97 Å². The summed E-state index contributed by atoms with van der Waals surface area (Å²) in [6.07, 6.45) is 0. The van der Waals surface area contributed by atoms with Crippen molar-refractivity contribution in [3.63, 3.8) is 0 Å². The van der Waals surface area contributed by atoms with Crippen molar-refractivity contribution in [3.05, 3.63) is 230 Å². The molecule has 310 valence electrons. The highest BCUT2D eigenvalue weighted by Gasteiger charge is 2.27. The lowest BCUT2D eigenvalue weighted by Gasteiger charge is -2.20. The summed E-state index contributed by atoms with van der Waals surface area (Å²) in [6.45, 7) is 0. The summed E-state index contributed by atoms with van der Waals surface area (Å²) in [5, 5.41) is 15.3. The largest absolute Gasteiger partial charge is 0.308 e. The van der Waals surface area contributed by atoms with E-state index in [0.717, 1.165) is 88.6 Å².